The number of nitrogens with zero attached hydrogens (tertiary/aromatic N) is 4. The van der Waals surface area contributed by atoms with E-state index < -0.39 is 11.3 Å². The zero-order valence-electron chi connectivity index (χ0n) is 15.3. The van der Waals surface area contributed by atoms with Gasteiger partial charge in [-0.3, -0.25) is 4.79 Å². The summed E-state index contributed by atoms with van der Waals surface area (Å²) in [7, 11) is 1.49. The van der Waals surface area contributed by atoms with E-state index in [9.17, 15) is 14.3 Å². The number of ether oxygens (including phenoxy) is 1. The molecule has 3 heterocycles. The van der Waals surface area contributed by atoms with Gasteiger partial charge in [0.15, 0.2) is 0 Å². The number of aliphatic hydroxyl groups excluding tert-OH is 1. The van der Waals surface area contributed by atoms with Crippen LogP contribution in [0.4, 0.5) is 9.52 Å². The SMILES string of the molecule is COc1cc(F)ccc1-c1cnc2sc(N3CCC(CO)(C(N)=O)CC3)nn12. The normalized spacial score (nSPS) is 16.5. The van der Waals surface area contributed by atoms with Crippen molar-refractivity contribution in [3.05, 3.63) is 30.2 Å². The maximum absolute atomic E-state index is 13.5. The lowest BCUT2D eigenvalue weighted by Gasteiger charge is -2.38. The number of piperidine rings is 1. The quantitative estimate of drug-likeness (QED) is 0.669. The van der Waals surface area contributed by atoms with Crippen molar-refractivity contribution in [2.45, 2.75) is 12.8 Å². The smallest absolute Gasteiger partial charge is 0.226 e. The van der Waals surface area contributed by atoms with Crippen LogP contribution in [0.3, 0.4) is 0 Å². The number of aromatic nitrogens is 3. The molecule has 0 unspecified atom stereocenters. The van der Waals surface area contributed by atoms with Crippen LogP contribution in [0.1, 0.15) is 12.8 Å². The Balaban J connectivity index is 1.64. The van der Waals surface area contributed by atoms with E-state index in [-0.39, 0.29) is 12.4 Å². The Bertz CT molecular complexity index is 1030. The zero-order valence-corrected chi connectivity index (χ0v) is 16.1. The lowest BCUT2D eigenvalue weighted by Crippen LogP contribution is -2.49. The number of anilines is 1. The minimum atomic E-state index is -0.861. The minimum absolute atomic E-state index is 0.244. The largest absolute Gasteiger partial charge is 0.496 e. The first kappa shape index (κ1) is 18.6. The summed E-state index contributed by atoms with van der Waals surface area (Å²) in [4.78, 5) is 18.9. The molecular weight excluding hydrogens is 385 g/mol. The second-order valence-electron chi connectivity index (χ2n) is 6.86. The van der Waals surface area contributed by atoms with E-state index >= 15 is 0 Å². The molecule has 0 aliphatic carbocycles. The first-order chi connectivity index (χ1) is 13.5. The molecule has 1 aliphatic rings. The van der Waals surface area contributed by atoms with Crippen LogP contribution in [0.2, 0.25) is 0 Å². The van der Waals surface area contributed by atoms with E-state index in [1.165, 1.54) is 30.6 Å². The molecule has 8 nitrogen and oxygen atoms in total. The number of hydrogen-bond donors (Lipinski definition) is 2. The first-order valence-electron chi connectivity index (χ1n) is 8.81. The second-order valence-corrected chi connectivity index (χ2v) is 7.79. The minimum Gasteiger partial charge on any atom is -0.496 e. The fourth-order valence-electron chi connectivity index (χ4n) is 3.48. The van der Waals surface area contributed by atoms with Gasteiger partial charge in [-0.05, 0) is 25.0 Å². The number of nitrogens with two attached hydrogens (primary N) is 1. The molecule has 0 bridgehead atoms. The molecule has 3 N–H and O–H groups in total. The van der Waals surface area contributed by atoms with Crippen molar-refractivity contribution in [2.24, 2.45) is 11.1 Å². The summed E-state index contributed by atoms with van der Waals surface area (Å²) in [6.45, 7) is 0.886. The van der Waals surface area contributed by atoms with Crippen molar-refractivity contribution in [3.8, 4) is 17.0 Å². The average Bonchev–Trinajstić information content (AvgIpc) is 3.29. The van der Waals surface area contributed by atoms with Gasteiger partial charge in [-0.25, -0.2) is 13.9 Å². The zero-order chi connectivity index (χ0) is 19.9. The van der Waals surface area contributed by atoms with Crippen molar-refractivity contribution >= 4 is 27.3 Å². The highest BCUT2D eigenvalue weighted by molar-refractivity contribution is 7.20. The van der Waals surface area contributed by atoms with Crippen LogP contribution in [0, 0.1) is 11.2 Å². The van der Waals surface area contributed by atoms with Gasteiger partial charge in [-0.15, -0.1) is 5.10 Å². The van der Waals surface area contributed by atoms with Crippen molar-refractivity contribution in [2.75, 3.05) is 31.7 Å². The molecule has 3 aromatic rings. The Hall–Kier alpha value is -2.72. The summed E-state index contributed by atoms with van der Waals surface area (Å²) in [6.07, 6.45) is 2.62. The number of halogens is 1. The molecule has 10 heteroatoms. The number of hydrogen-bond acceptors (Lipinski definition) is 7. The summed E-state index contributed by atoms with van der Waals surface area (Å²) in [5, 5.41) is 15.0. The van der Waals surface area contributed by atoms with E-state index in [1.807, 2.05) is 0 Å². The number of fused-ring (bicyclic) bond motifs is 1. The molecule has 1 amide bonds. The second kappa shape index (κ2) is 7.02. The molecule has 148 valence electrons. The van der Waals surface area contributed by atoms with Crippen molar-refractivity contribution < 1.29 is 19.0 Å². The molecule has 2 aromatic heterocycles. The third-order valence-corrected chi connectivity index (χ3v) is 6.31. The maximum Gasteiger partial charge on any atom is 0.226 e. The fourth-order valence-corrected chi connectivity index (χ4v) is 4.41. The molecular formula is C18H20FN5O3S. The summed E-state index contributed by atoms with van der Waals surface area (Å²) in [6, 6.07) is 4.33. The van der Waals surface area contributed by atoms with Crippen LogP contribution in [-0.4, -0.2) is 52.4 Å². The van der Waals surface area contributed by atoms with Crippen LogP contribution >= 0.6 is 11.3 Å². The van der Waals surface area contributed by atoms with Crippen molar-refractivity contribution in [1.29, 1.82) is 0 Å². The standard InChI is InChI=1S/C18H20FN5O3S/c1-27-14-8-11(19)2-3-12(14)13-9-21-16-24(13)22-17(28-16)23-6-4-18(10-25,5-7-23)15(20)26/h2-3,8-9,25H,4-7,10H2,1H3,(H2,20,26). The number of methoxy groups -OCH3 is 1. The predicted molar refractivity (Wildman–Crippen MR) is 103 cm³/mol. The van der Waals surface area contributed by atoms with Crippen LogP contribution < -0.4 is 15.4 Å². The number of carbonyl (C=O) groups excluding carboxylic acids is 1. The highest BCUT2D eigenvalue weighted by atomic mass is 32.1. The Morgan fingerprint density at radius 1 is 1.43 bits per heavy atom. The molecule has 4 rings (SSSR count). The number of primary amides is 1. The maximum atomic E-state index is 13.5. The Morgan fingerprint density at radius 2 is 2.18 bits per heavy atom. The van der Waals surface area contributed by atoms with E-state index in [4.69, 9.17) is 10.5 Å². The van der Waals surface area contributed by atoms with Crippen molar-refractivity contribution in [3.63, 3.8) is 0 Å². The lowest BCUT2D eigenvalue weighted by atomic mass is 9.78. The summed E-state index contributed by atoms with van der Waals surface area (Å²) >= 11 is 1.43. The molecule has 0 saturated carbocycles. The molecule has 0 spiro atoms. The van der Waals surface area contributed by atoms with Gasteiger partial charge in [-0.1, -0.05) is 11.3 Å². The van der Waals surface area contributed by atoms with Gasteiger partial charge in [-0.2, -0.15) is 0 Å². The molecule has 28 heavy (non-hydrogen) atoms. The van der Waals surface area contributed by atoms with Crippen molar-refractivity contribution in [1.82, 2.24) is 14.6 Å². The highest BCUT2D eigenvalue weighted by Gasteiger charge is 2.40. The Morgan fingerprint density at radius 3 is 2.82 bits per heavy atom. The van der Waals surface area contributed by atoms with E-state index in [0.29, 0.717) is 47.9 Å². The molecule has 1 saturated heterocycles. The van der Waals surface area contributed by atoms with Gasteiger partial charge < -0.3 is 20.5 Å². The summed E-state index contributed by atoms with van der Waals surface area (Å²) in [5.41, 5.74) is 6.02. The number of rotatable bonds is 5. The van der Waals surface area contributed by atoms with Gasteiger partial charge in [0.1, 0.15) is 11.6 Å². The summed E-state index contributed by atoms with van der Waals surface area (Å²) in [5.74, 6) is -0.437. The van der Waals surface area contributed by atoms with Gasteiger partial charge in [0.25, 0.3) is 0 Å². The number of amides is 1. The van der Waals surface area contributed by atoms with E-state index in [0.717, 1.165) is 5.13 Å². The molecule has 0 atom stereocenters. The molecule has 0 radical (unpaired) electrons. The van der Waals surface area contributed by atoms with Crippen LogP contribution in [0.25, 0.3) is 16.2 Å². The fraction of sp³-hybridized carbons (Fsp3) is 0.389. The topological polar surface area (TPSA) is 106 Å². The lowest BCUT2D eigenvalue weighted by molar-refractivity contribution is -0.131. The van der Waals surface area contributed by atoms with Gasteiger partial charge >= 0.3 is 0 Å². The molecule has 1 aromatic carbocycles. The van der Waals surface area contributed by atoms with E-state index in [1.54, 1.807) is 16.8 Å². The predicted octanol–water partition coefficient (Wildman–Crippen LogP) is 1.67. The third-order valence-electron chi connectivity index (χ3n) is 5.33. The number of imidazole rings is 1. The van der Waals surface area contributed by atoms with Crippen LogP contribution in [-0.2, 0) is 4.79 Å². The van der Waals surface area contributed by atoms with Gasteiger partial charge in [0.05, 0.1) is 31.0 Å². The number of carbonyl (C=O) groups is 1. The van der Waals surface area contributed by atoms with Gasteiger partial charge in [0.2, 0.25) is 16.0 Å². The average molecular weight is 405 g/mol. The first-order valence-corrected chi connectivity index (χ1v) is 9.63. The van der Waals surface area contributed by atoms with Crippen LogP contribution in [0.15, 0.2) is 24.4 Å². The molecule has 1 aliphatic heterocycles. The number of aliphatic hydroxyl groups is 1. The van der Waals surface area contributed by atoms with E-state index in [2.05, 4.69) is 15.0 Å². The van der Waals surface area contributed by atoms with Crippen LogP contribution in [0.5, 0.6) is 5.75 Å². The molecule has 1 fully saturated rings. The van der Waals surface area contributed by atoms with Gasteiger partial charge in [0, 0.05) is 24.7 Å². The number of benzene rings is 1. The Labute approximate surface area is 164 Å². The third kappa shape index (κ3) is 2.98. The highest BCUT2D eigenvalue weighted by Crippen LogP contribution is 2.36. The summed E-state index contributed by atoms with van der Waals surface area (Å²) < 4.78 is 20.5. The Kier molecular flexibility index (Phi) is 4.68. The monoisotopic (exact) mass is 405 g/mol.